The molecule has 1 unspecified atom stereocenters. The fourth-order valence-corrected chi connectivity index (χ4v) is 2.40. The minimum Gasteiger partial charge on any atom is -0.327 e. The van der Waals surface area contributed by atoms with Gasteiger partial charge in [0, 0.05) is 18.2 Å². The van der Waals surface area contributed by atoms with Crippen molar-refractivity contribution >= 4 is 27.5 Å². The number of anilines is 2. The molecule has 2 rings (SSSR count). The number of rotatable bonds is 6. The number of nitrogens with one attached hydrogen (secondary N) is 2. The summed E-state index contributed by atoms with van der Waals surface area (Å²) < 4.78 is 24.0. The number of amides is 1. The third-order valence-corrected chi connectivity index (χ3v) is 3.58. The van der Waals surface area contributed by atoms with E-state index in [9.17, 15) is 13.2 Å². The smallest absolute Gasteiger partial charge is 0.296 e. The summed E-state index contributed by atoms with van der Waals surface area (Å²) in [6, 6.07) is 6.19. The van der Waals surface area contributed by atoms with Gasteiger partial charge in [0.2, 0.25) is 5.91 Å². The van der Waals surface area contributed by atoms with Crippen LogP contribution in [-0.4, -0.2) is 20.4 Å². The van der Waals surface area contributed by atoms with E-state index >= 15 is 0 Å². The van der Waals surface area contributed by atoms with Gasteiger partial charge in [0.15, 0.2) is 0 Å². The summed E-state index contributed by atoms with van der Waals surface area (Å²) in [5.74, 6) is 0.272. The molecule has 1 saturated carbocycles. The standard InChI is InChI=1S/C12H18N4O3S/c13-11(8-4-5-8)7-12(17)15-9-2-1-3-10(6-9)16-20(14,18)19/h1-3,6,8,11,16H,4-5,7,13H2,(H,15,17)(H2,14,18,19). The molecule has 6 N–H and O–H groups in total. The molecule has 20 heavy (non-hydrogen) atoms. The van der Waals surface area contributed by atoms with Crippen molar-refractivity contribution in [3.8, 4) is 0 Å². The molecule has 0 spiro atoms. The highest BCUT2D eigenvalue weighted by molar-refractivity contribution is 7.90. The monoisotopic (exact) mass is 298 g/mol. The summed E-state index contributed by atoms with van der Waals surface area (Å²) >= 11 is 0. The van der Waals surface area contributed by atoms with Crippen LogP contribution in [0.3, 0.4) is 0 Å². The molecular weight excluding hydrogens is 280 g/mol. The molecule has 1 aromatic carbocycles. The van der Waals surface area contributed by atoms with Gasteiger partial charge in [-0.2, -0.15) is 8.42 Å². The molecule has 8 heteroatoms. The Labute approximate surface area is 117 Å². The minimum absolute atomic E-state index is 0.110. The van der Waals surface area contributed by atoms with E-state index in [0.29, 0.717) is 11.6 Å². The van der Waals surface area contributed by atoms with E-state index in [4.69, 9.17) is 10.9 Å². The van der Waals surface area contributed by atoms with Crippen LogP contribution in [0.2, 0.25) is 0 Å². The zero-order valence-electron chi connectivity index (χ0n) is 10.9. The van der Waals surface area contributed by atoms with Gasteiger partial charge in [0.05, 0.1) is 5.69 Å². The second-order valence-electron chi connectivity index (χ2n) is 4.98. The van der Waals surface area contributed by atoms with E-state index in [2.05, 4.69) is 10.0 Å². The van der Waals surface area contributed by atoms with Gasteiger partial charge < -0.3 is 11.1 Å². The van der Waals surface area contributed by atoms with Crippen molar-refractivity contribution in [3.63, 3.8) is 0 Å². The van der Waals surface area contributed by atoms with Gasteiger partial charge in [-0.15, -0.1) is 0 Å². The average Bonchev–Trinajstić information content (AvgIpc) is 3.09. The first-order valence-electron chi connectivity index (χ1n) is 6.29. The number of nitrogens with two attached hydrogens (primary N) is 2. The van der Waals surface area contributed by atoms with Gasteiger partial charge in [-0.25, -0.2) is 5.14 Å². The second kappa shape index (κ2) is 5.78. The Morgan fingerprint density at radius 3 is 2.60 bits per heavy atom. The van der Waals surface area contributed by atoms with Crippen LogP contribution in [0.15, 0.2) is 24.3 Å². The summed E-state index contributed by atoms with van der Waals surface area (Å²) in [6.45, 7) is 0. The maximum Gasteiger partial charge on any atom is 0.296 e. The van der Waals surface area contributed by atoms with Gasteiger partial charge in [0.25, 0.3) is 10.2 Å². The molecular formula is C12H18N4O3S. The number of carbonyl (C=O) groups excluding carboxylic acids is 1. The molecule has 1 amide bonds. The van der Waals surface area contributed by atoms with Crippen LogP contribution in [0.4, 0.5) is 11.4 Å². The highest BCUT2D eigenvalue weighted by atomic mass is 32.2. The van der Waals surface area contributed by atoms with Crippen LogP contribution in [0.25, 0.3) is 0 Å². The molecule has 0 heterocycles. The van der Waals surface area contributed by atoms with E-state index < -0.39 is 10.2 Å². The van der Waals surface area contributed by atoms with E-state index in [1.165, 1.54) is 12.1 Å². The molecule has 0 saturated heterocycles. The first kappa shape index (κ1) is 14.8. The highest BCUT2D eigenvalue weighted by Gasteiger charge is 2.29. The molecule has 0 bridgehead atoms. The van der Waals surface area contributed by atoms with E-state index in [-0.39, 0.29) is 24.1 Å². The topological polar surface area (TPSA) is 127 Å². The van der Waals surface area contributed by atoms with E-state index in [0.717, 1.165) is 12.8 Å². The second-order valence-corrected chi connectivity index (χ2v) is 6.28. The summed E-state index contributed by atoms with van der Waals surface area (Å²) in [6.07, 6.45) is 2.43. The van der Waals surface area contributed by atoms with Crippen molar-refractivity contribution in [2.24, 2.45) is 16.8 Å². The lowest BCUT2D eigenvalue weighted by atomic mass is 10.1. The third-order valence-electron chi connectivity index (χ3n) is 3.06. The zero-order valence-corrected chi connectivity index (χ0v) is 11.7. The third kappa shape index (κ3) is 4.80. The number of hydrogen-bond donors (Lipinski definition) is 4. The van der Waals surface area contributed by atoms with Crippen molar-refractivity contribution in [2.75, 3.05) is 10.0 Å². The molecule has 0 radical (unpaired) electrons. The van der Waals surface area contributed by atoms with Crippen molar-refractivity contribution < 1.29 is 13.2 Å². The Hall–Kier alpha value is -1.64. The first-order chi connectivity index (χ1) is 9.33. The highest BCUT2D eigenvalue weighted by Crippen LogP contribution is 2.32. The molecule has 1 aromatic rings. The molecule has 0 aromatic heterocycles. The van der Waals surface area contributed by atoms with E-state index in [1.54, 1.807) is 12.1 Å². The quantitative estimate of drug-likeness (QED) is 0.605. The number of carbonyl (C=O) groups is 1. The van der Waals surface area contributed by atoms with Crippen LogP contribution in [-0.2, 0) is 15.0 Å². The molecule has 7 nitrogen and oxygen atoms in total. The molecule has 1 fully saturated rings. The Morgan fingerprint density at radius 2 is 2.00 bits per heavy atom. The predicted molar refractivity (Wildman–Crippen MR) is 77.1 cm³/mol. The lowest BCUT2D eigenvalue weighted by Crippen LogP contribution is -2.28. The van der Waals surface area contributed by atoms with Crippen LogP contribution in [0.5, 0.6) is 0 Å². The summed E-state index contributed by atoms with van der Waals surface area (Å²) in [5, 5.41) is 7.57. The molecule has 1 aliphatic rings. The normalized spacial score (nSPS) is 16.5. The summed E-state index contributed by atoms with van der Waals surface area (Å²) in [5.41, 5.74) is 6.66. The number of benzene rings is 1. The maximum atomic E-state index is 11.8. The summed E-state index contributed by atoms with van der Waals surface area (Å²) in [7, 11) is -3.83. The van der Waals surface area contributed by atoms with Gasteiger partial charge >= 0.3 is 0 Å². The van der Waals surface area contributed by atoms with Gasteiger partial charge in [-0.1, -0.05) is 6.07 Å². The van der Waals surface area contributed by atoms with Crippen molar-refractivity contribution in [1.29, 1.82) is 0 Å². The Balaban J connectivity index is 1.94. The lowest BCUT2D eigenvalue weighted by molar-refractivity contribution is -0.116. The van der Waals surface area contributed by atoms with Gasteiger partial charge in [0.1, 0.15) is 0 Å². The Morgan fingerprint density at radius 1 is 1.35 bits per heavy atom. The van der Waals surface area contributed by atoms with Crippen LogP contribution < -0.4 is 20.9 Å². The largest absolute Gasteiger partial charge is 0.327 e. The average molecular weight is 298 g/mol. The van der Waals surface area contributed by atoms with Crippen molar-refractivity contribution in [2.45, 2.75) is 25.3 Å². The fourth-order valence-electron chi connectivity index (χ4n) is 1.94. The molecule has 1 aliphatic carbocycles. The first-order valence-corrected chi connectivity index (χ1v) is 7.84. The fraction of sp³-hybridized carbons (Fsp3) is 0.417. The molecule has 110 valence electrons. The zero-order chi connectivity index (χ0) is 14.8. The molecule has 0 aliphatic heterocycles. The Kier molecular flexibility index (Phi) is 4.26. The minimum atomic E-state index is -3.83. The van der Waals surface area contributed by atoms with Gasteiger partial charge in [-0.3, -0.25) is 9.52 Å². The summed E-state index contributed by atoms with van der Waals surface area (Å²) in [4.78, 5) is 11.8. The van der Waals surface area contributed by atoms with Crippen molar-refractivity contribution in [3.05, 3.63) is 24.3 Å². The predicted octanol–water partition coefficient (Wildman–Crippen LogP) is 0.368. The van der Waals surface area contributed by atoms with Crippen LogP contribution in [0.1, 0.15) is 19.3 Å². The van der Waals surface area contributed by atoms with E-state index in [1.807, 2.05) is 0 Å². The van der Waals surface area contributed by atoms with Crippen LogP contribution >= 0.6 is 0 Å². The molecule has 1 atom stereocenters. The number of hydrogen-bond acceptors (Lipinski definition) is 4. The van der Waals surface area contributed by atoms with Crippen LogP contribution in [0, 0.1) is 5.92 Å². The lowest BCUT2D eigenvalue weighted by Gasteiger charge is -2.11. The van der Waals surface area contributed by atoms with Crippen molar-refractivity contribution in [1.82, 2.24) is 0 Å². The Bertz CT molecular complexity index is 598. The van der Waals surface area contributed by atoms with Gasteiger partial charge in [-0.05, 0) is 37.0 Å². The maximum absolute atomic E-state index is 11.8. The SMILES string of the molecule is NC(CC(=O)Nc1cccc(NS(N)(=O)=O)c1)C1CC1.